The van der Waals surface area contributed by atoms with Crippen molar-refractivity contribution >= 4 is 38.7 Å². The second-order valence-electron chi connectivity index (χ2n) is 5.24. The van der Waals surface area contributed by atoms with E-state index in [0.29, 0.717) is 5.13 Å². The third-order valence-corrected chi connectivity index (χ3v) is 4.34. The molecular weight excluding hydrogens is 290 g/mol. The first-order valence-electron chi connectivity index (χ1n) is 6.70. The number of carboxylic acids is 1. The van der Waals surface area contributed by atoms with Crippen molar-refractivity contribution in [2.75, 3.05) is 5.32 Å². The molecule has 0 aliphatic heterocycles. The largest absolute Gasteiger partial charge is 0.480 e. The lowest BCUT2D eigenvalue weighted by Gasteiger charge is -2.13. The van der Waals surface area contributed by atoms with Gasteiger partial charge in [0.1, 0.15) is 6.04 Å². The summed E-state index contributed by atoms with van der Waals surface area (Å²) in [5.41, 5.74) is 1.94. The first-order valence-corrected chi connectivity index (χ1v) is 7.52. The summed E-state index contributed by atoms with van der Waals surface area (Å²) >= 11 is 1.37. The van der Waals surface area contributed by atoms with E-state index in [1.807, 2.05) is 25.1 Å². The Bertz CT molecular complexity index is 709. The number of rotatable bonds is 4. The second-order valence-corrected chi connectivity index (χ2v) is 6.27. The Kier molecular flexibility index (Phi) is 3.50. The molecule has 2 aromatic rings. The van der Waals surface area contributed by atoms with E-state index in [-0.39, 0.29) is 5.92 Å². The lowest BCUT2D eigenvalue weighted by Crippen LogP contribution is -2.44. The van der Waals surface area contributed by atoms with Crippen LogP contribution in [0.25, 0.3) is 10.2 Å². The number of anilines is 1. The maximum atomic E-state index is 11.9. The molecule has 7 heteroatoms. The Hall–Kier alpha value is -2.15. The number of aryl methyl sites for hydroxylation is 1. The fourth-order valence-electron chi connectivity index (χ4n) is 2.17. The van der Waals surface area contributed by atoms with Gasteiger partial charge in [0.2, 0.25) is 0 Å². The first kappa shape index (κ1) is 13.8. The Morgan fingerprint density at radius 2 is 2.19 bits per heavy atom. The van der Waals surface area contributed by atoms with E-state index in [0.717, 1.165) is 28.6 Å². The SMILES string of the molecule is Cc1ccc2nc(NC(=O)NC(C(=O)O)C3CC3)sc2c1. The normalized spacial score (nSPS) is 15.7. The number of urea groups is 1. The van der Waals surface area contributed by atoms with Crippen molar-refractivity contribution in [2.24, 2.45) is 5.92 Å². The van der Waals surface area contributed by atoms with Crippen molar-refractivity contribution < 1.29 is 14.7 Å². The number of aromatic nitrogens is 1. The van der Waals surface area contributed by atoms with E-state index in [1.165, 1.54) is 11.3 Å². The summed E-state index contributed by atoms with van der Waals surface area (Å²) in [5.74, 6) is -0.946. The molecule has 1 aliphatic carbocycles. The molecule has 1 fully saturated rings. The van der Waals surface area contributed by atoms with Crippen molar-refractivity contribution in [3.05, 3.63) is 23.8 Å². The highest BCUT2D eigenvalue weighted by Gasteiger charge is 2.37. The zero-order chi connectivity index (χ0) is 15.0. The van der Waals surface area contributed by atoms with Gasteiger partial charge in [0.15, 0.2) is 5.13 Å². The van der Waals surface area contributed by atoms with Gasteiger partial charge in [0.05, 0.1) is 10.2 Å². The van der Waals surface area contributed by atoms with E-state index in [9.17, 15) is 9.59 Å². The molecule has 1 aromatic carbocycles. The number of thiazole rings is 1. The number of nitrogens with zero attached hydrogens (tertiary/aromatic N) is 1. The fraction of sp³-hybridized carbons (Fsp3) is 0.357. The minimum atomic E-state index is -0.993. The van der Waals surface area contributed by atoms with Gasteiger partial charge in [-0.1, -0.05) is 17.4 Å². The number of benzene rings is 1. The number of fused-ring (bicyclic) bond motifs is 1. The van der Waals surface area contributed by atoms with Crippen LogP contribution in [0.1, 0.15) is 18.4 Å². The van der Waals surface area contributed by atoms with Gasteiger partial charge in [-0.05, 0) is 43.4 Å². The van der Waals surface area contributed by atoms with Crippen molar-refractivity contribution in [2.45, 2.75) is 25.8 Å². The molecule has 21 heavy (non-hydrogen) atoms. The lowest BCUT2D eigenvalue weighted by atomic mass is 10.2. The molecule has 110 valence electrons. The zero-order valence-electron chi connectivity index (χ0n) is 11.4. The molecule has 6 nitrogen and oxygen atoms in total. The molecule has 0 spiro atoms. The van der Waals surface area contributed by atoms with E-state index in [4.69, 9.17) is 5.11 Å². The third kappa shape index (κ3) is 3.13. The van der Waals surface area contributed by atoms with Gasteiger partial charge in [-0.15, -0.1) is 0 Å². The van der Waals surface area contributed by atoms with Crippen LogP contribution in [-0.2, 0) is 4.79 Å². The number of carboxylic acid groups (broad SMARTS) is 1. The molecule has 0 radical (unpaired) electrons. The number of amides is 2. The highest BCUT2D eigenvalue weighted by Crippen LogP contribution is 2.33. The van der Waals surface area contributed by atoms with Crippen molar-refractivity contribution in [3.8, 4) is 0 Å². The van der Waals surface area contributed by atoms with Crippen LogP contribution in [0.4, 0.5) is 9.93 Å². The number of hydrogen-bond donors (Lipinski definition) is 3. The van der Waals surface area contributed by atoms with Gasteiger partial charge in [-0.2, -0.15) is 0 Å². The molecule has 2 amide bonds. The molecule has 1 aliphatic rings. The van der Waals surface area contributed by atoms with Gasteiger partial charge in [0, 0.05) is 0 Å². The molecule has 1 saturated carbocycles. The van der Waals surface area contributed by atoms with Crippen LogP contribution in [-0.4, -0.2) is 28.1 Å². The number of aliphatic carboxylic acids is 1. The van der Waals surface area contributed by atoms with Crippen LogP contribution in [0.3, 0.4) is 0 Å². The molecular formula is C14H15N3O3S. The Balaban J connectivity index is 1.69. The Morgan fingerprint density at radius 1 is 1.43 bits per heavy atom. The summed E-state index contributed by atoms with van der Waals surface area (Å²) in [6, 6.07) is 4.51. The second kappa shape index (κ2) is 5.33. The summed E-state index contributed by atoms with van der Waals surface area (Å²) in [7, 11) is 0. The van der Waals surface area contributed by atoms with Crippen LogP contribution in [0.15, 0.2) is 18.2 Å². The Morgan fingerprint density at radius 3 is 2.86 bits per heavy atom. The van der Waals surface area contributed by atoms with Gasteiger partial charge in [-0.3, -0.25) is 5.32 Å². The summed E-state index contributed by atoms with van der Waals surface area (Å²) in [6.45, 7) is 1.99. The maximum Gasteiger partial charge on any atom is 0.326 e. The molecule has 0 saturated heterocycles. The zero-order valence-corrected chi connectivity index (χ0v) is 12.2. The molecule has 1 heterocycles. The van der Waals surface area contributed by atoms with Crippen LogP contribution >= 0.6 is 11.3 Å². The number of carbonyl (C=O) groups is 2. The fourth-order valence-corrected chi connectivity index (χ4v) is 3.13. The smallest absolute Gasteiger partial charge is 0.326 e. The highest BCUT2D eigenvalue weighted by molar-refractivity contribution is 7.22. The number of carbonyl (C=O) groups excluding carboxylic acids is 1. The Labute approximate surface area is 125 Å². The van der Waals surface area contributed by atoms with E-state index in [1.54, 1.807) is 0 Å². The predicted molar refractivity (Wildman–Crippen MR) is 80.7 cm³/mol. The predicted octanol–water partition coefficient (Wildman–Crippen LogP) is 2.59. The number of nitrogens with one attached hydrogen (secondary N) is 2. The quantitative estimate of drug-likeness (QED) is 0.809. The standard InChI is InChI=1S/C14H15N3O3S/c1-7-2-5-9-10(6-7)21-14(15-9)17-13(20)16-11(12(18)19)8-3-4-8/h2,5-6,8,11H,3-4H2,1H3,(H,18,19)(H2,15,16,17,20). The van der Waals surface area contributed by atoms with Crippen LogP contribution in [0.5, 0.6) is 0 Å². The topological polar surface area (TPSA) is 91.3 Å². The summed E-state index contributed by atoms with van der Waals surface area (Å²) in [6.07, 6.45) is 1.69. The van der Waals surface area contributed by atoms with Gasteiger partial charge in [-0.25, -0.2) is 14.6 Å². The highest BCUT2D eigenvalue weighted by atomic mass is 32.1. The number of hydrogen-bond acceptors (Lipinski definition) is 4. The molecule has 3 rings (SSSR count). The van der Waals surface area contributed by atoms with Gasteiger partial charge in [0.25, 0.3) is 0 Å². The van der Waals surface area contributed by atoms with Crippen LogP contribution in [0.2, 0.25) is 0 Å². The molecule has 1 unspecified atom stereocenters. The van der Waals surface area contributed by atoms with E-state index < -0.39 is 18.0 Å². The summed E-state index contributed by atoms with van der Waals surface area (Å²) < 4.78 is 0.988. The monoisotopic (exact) mass is 305 g/mol. The molecule has 1 atom stereocenters. The summed E-state index contributed by atoms with van der Waals surface area (Å²) in [4.78, 5) is 27.3. The average molecular weight is 305 g/mol. The van der Waals surface area contributed by atoms with Crippen molar-refractivity contribution in [1.29, 1.82) is 0 Å². The van der Waals surface area contributed by atoms with Crippen molar-refractivity contribution in [3.63, 3.8) is 0 Å². The van der Waals surface area contributed by atoms with Crippen molar-refractivity contribution in [1.82, 2.24) is 10.3 Å². The lowest BCUT2D eigenvalue weighted by molar-refractivity contribution is -0.139. The third-order valence-electron chi connectivity index (χ3n) is 3.41. The maximum absolute atomic E-state index is 11.9. The van der Waals surface area contributed by atoms with E-state index in [2.05, 4.69) is 15.6 Å². The molecule has 3 N–H and O–H groups in total. The van der Waals surface area contributed by atoms with Crippen LogP contribution < -0.4 is 10.6 Å². The van der Waals surface area contributed by atoms with Gasteiger partial charge >= 0.3 is 12.0 Å². The van der Waals surface area contributed by atoms with Gasteiger partial charge < -0.3 is 10.4 Å². The van der Waals surface area contributed by atoms with E-state index >= 15 is 0 Å². The molecule has 0 bridgehead atoms. The average Bonchev–Trinajstić information content (AvgIpc) is 3.16. The van der Waals surface area contributed by atoms with Crippen LogP contribution in [0, 0.1) is 12.8 Å². The summed E-state index contributed by atoms with van der Waals surface area (Å²) in [5, 5.41) is 14.7. The minimum Gasteiger partial charge on any atom is -0.480 e. The first-order chi connectivity index (χ1) is 10.0. The minimum absolute atomic E-state index is 0.0475. The molecule has 1 aromatic heterocycles.